The van der Waals surface area contributed by atoms with Crippen molar-refractivity contribution in [1.82, 2.24) is 10.2 Å². The zero-order chi connectivity index (χ0) is 28.8. The highest BCUT2D eigenvalue weighted by molar-refractivity contribution is 7.80. The molecule has 0 aromatic heterocycles. The lowest BCUT2D eigenvalue weighted by molar-refractivity contribution is -0.152. The number of thiol groups is 1. The Morgan fingerprint density at radius 2 is 1.50 bits per heavy atom. The van der Waals surface area contributed by atoms with E-state index in [0.29, 0.717) is 22.0 Å². The molecule has 2 amide bonds. The monoisotopic (exact) mass is 564 g/mol. The first kappa shape index (κ1) is 28.8. The molecule has 9 nitrogen and oxygen atoms in total. The van der Waals surface area contributed by atoms with Crippen molar-refractivity contribution in [3.63, 3.8) is 0 Å². The maximum absolute atomic E-state index is 13.3. The summed E-state index contributed by atoms with van der Waals surface area (Å²) in [6.45, 7) is 1.30. The van der Waals surface area contributed by atoms with Crippen LogP contribution < -0.4 is 14.8 Å². The molecule has 0 saturated carbocycles. The second kappa shape index (κ2) is 12.8. The molecule has 0 bridgehead atoms. The number of carbonyl (C=O) groups excluding carboxylic acids is 3. The predicted molar refractivity (Wildman–Crippen MR) is 152 cm³/mol. The first-order valence-electron chi connectivity index (χ1n) is 12.7. The van der Waals surface area contributed by atoms with Gasteiger partial charge in [-0.25, -0.2) is 9.59 Å². The third kappa shape index (κ3) is 6.02. The lowest BCUT2D eigenvalue weighted by atomic mass is 9.98. The van der Waals surface area contributed by atoms with Crippen LogP contribution in [0, 0.1) is 0 Å². The number of nitrogens with zero attached hydrogens (tertiary/aromatic N) is 1. The van der Waals surface area contributed by atoms with E-state index < -0.39 is 24.0 Å². The van der Waals surface area contributed by atoms with Crippen LogP contribution >= 0.6 is 12.6 Å². The predicted octanol–water partition coefficient (Wildman–Crippen LogP) is 4.42. The molecule has 40 heavy (non-hydrogen) atoms. The minimum atomic E-state index is -0.928. The van der Waals surface area contributed by atoms with E-state index in [4.69, 9.17) is 18.9 Å². The SMILES string of the molecule is COC(=O)C(C)N(Cc1cc(OC)c(OC)cc1S)C(=O)CNC(=O)OCC1c2ccccc2-c2ccccc21. The second-order valence-corrected chi connectivity index (χ2v) is 9.72. The number of alkyl carbamates (subject to hydrolysis) is 1. The minimum absolute atomic E-state index is 0.0145. The summed E-state index contributed by atoms with van der Waals surface area (Å²) in [5.74, 6) is -0.287. The average molecular weight is 565 g/mol. The van der Waals surface area contributed by atoms with Gasteiger partial charge < -0.3 is 29.2 Å². The molecule has 210 valence electrons. The van der Waals surface area contributed by atoms with Gasteiger partial charge in [-0.2, -0.15) is 0 Å². The Kier molecular flexibility index (Phi) is 9.21. The third-order valence-electron chi connectivity index (χ3n) is 6.98. The number of rotatable bonds is 10. The fourth-order valence-corrected chi connectivity index (χ4v) is 5.11. The van der Waals surface area contributed by atoms with Crippen LogP contribution in [0.1, 0.15) is 29.5 Å². The standard InChI is InChI=1S/C30H32N2O7S/c1-18(29(34)38-4)32(16-19-13-25(36-2)26(37-3)14-27(19)40)28(33)15-31-30(35)39-17-24-22-11-7-5-9-20(22)21-10-6-8-12-23(21)24/h5-14,18,24,40H,15-17H2,1-4H3,(H,31,35). The van der Waals surface area contributed by atoms with Gasteiger partial charge in [0.25, 0.3) is 0 Å². The smallest absolute Gasteiger partial charge is 0.407 e. The van der Waals surface area contributed by atoms with Crippen LogP contribution in [0.25, 0.3) is 11.1 Å². The molecule has 0 aliphatic heterocycles. The molecule has 0 fully saturated rings. The Hall–Kier alpha value is -4.18. The summed E-state index contributed by atoms with van der Waals surface area (Å²) in [6, 6.07) is 18.5. The minimum Gasteiger partial charge on any atom is -0.493 e. The molecule has 3 aromatic carbocycles. The topological polar surface area (TPSA) is 103 Å². The number of methoxy groups -OCH3 is 3. The number of amides is 2. The molecule has 3 aromatic rings. The molecule has 0 heterocycles. The molecule has 0 saturated heterocycles. The summed E-state index contributed by atoms with van der Waals surface area (Å²) in [6.07, 6.45) is -0.734. The van der Waals surface area contributed by atoms with E-state index in [-0.39, 0.29) is 25.6 Å². The van der Waals surface area contributed by atoms with Gasteiger partial charge in [-0.05, 0) is 46.9 Å². The van der Waals surface area contributed by atoms with Crippen molar-refractivity contribution in [3.05, 3.63) is 77.4 Å². The van der Waals surface area contributed by atoms with Gasteiger partial charge in [0, 0.05) is 17.4 Å². The molecule has 1 unspecified atom stereocenters. The maximum atomic E-state index is 13.3. The van der Waals surface area contributed by atoms with Gasteiger partial charge in [-0.3, -0.25) is 4.79 Å². The Balaban J connectivity index is 1.43. The van der Waals surface area contributed by atoms with Gasteiger partial charge in [0.05, 0.1) is 21.3 Å². The lowest BCUT2D eigenvalue weighted by Gasteiger charge is -2.28. The van der Waals surface area contributed by atoms with E-state index in [9.17, 15) is 14.4 Å². The second-order valence-electron chi connectivity index (χ2n) is 9.24. The highest BCUT2D eigenvalue weighted by Gasteiger charge is 2.30. The molecule has 0 spiro atoms. The average Bonchev–Trinajstić information content (AvgIpc) is 3.30. The molecule has 10 heteroatoms. The van der Waals surface area contributed by atoms with Crippen molar-refractivity contribution in [2.75, 3.05) is 34.5 Å². The summed E-state index contributed by atoms with van der Waals surface area (Å²) < 4.78 is 21.1. The van der Waals surface area contributed by atoms with Crippen LogP contribution in [-0.2, 0) is 25.6 Å². The molecular formula is C30H32N2O7S. The van der Waals surface area contributed by atoms with E-state index in [1.807, 2.05) is 36.4 Å². The van der Waals surface area contributed by atoms with Gasteiger partial charge in [0.1, 0.15) is 19.2 Å². The first-order valence-corrected chi connectivity index (χ1v) is 13.1. The van der Waals surface area contributed by atoms with E-state index >= 15 is 0 Å². The van der Waals surface area contributed by atoms with Crippen LogP contribution in [0.15, 0.2) is 65.6 Å². The summed E-state index contributed by atoms with van der Waals surface area (Å²) in [4.78, 5) is 40.1. The Morgan fingerprint density at radius 3 is 2.08 bits per heavy atom. The van der Waals surface area contributed by atoms with Crippen molar-refractivity contribution in [2.45, 2.75) is 30.3 Å². The van der Waals surface area contributed by atoms with Gasteiger partial charge in [0.2, 0.25) is 5.91 Å². The molecular weight excluding hydrogens is 532 g/mol. The van der Waals surface area contributed by atoms with Crippen molar-refractivity contribution in [1.29, 1.82) is 0 Å². The van der Waals surface area contributed by atoms with Crippen LogP contribution in [0.3, 0.4) is 0 Å². The summed E-state index contributed by atoms with van der Waals surface area (Å²) in [5.41, 5.74) is 5.03. The van der Waals surface area contributed by atoms with Crippen LogP contribution in [-0.4, -0.2) is 63.4 Å². The van der Waals surface area contributed by atoms with Gasteiger partial charge in [0.15, 0.2) is 11.5 Å². The Morgan fingerprint density at radius 1 is 0.925 bits per heavy atom. The van der Waals surface area contributed by atoms with Crippen LogP contribution in [0.5, 0.6) is 11.5 Å². The van der Waals surface area contributed by atoms with Gasteiger partial charge >= 0.3 is 12.1 Å². The molecule has 0 radical (unpaired) electrons. The van der Waals surface area contributed by atoms with Crippen molar-refractivity contribution >= 4 is 30.6 Å². The zero-order valence-corrected chi connectivity index (χ0v) is 23.7. The molecule has 1 aliphatic rings. The van der Waals surface area contributed by atoms with Gasteiger partial charge in [-0.15, -0.1) is 12.6 Å². The van der Waals surface area contributed by atoms with E-state index in [0.717, 1.165) is 22.3 Å². The van der Waals surface area contributed by atoms with E-state index in [2.05, 4.69) is 30.1 Å². The molecule has 1 N–H and O–H groups in total. The van der Waals surface area contributed by atoms with Crippen molar-refractivity contribution in [2.24, 2.45) is 0 Å². The number of fused-ring (bicyclic) bond motifs is 3. The number of nitrogens with one attached hydrogen (secondary N) is 1. The molecule has 4 rings (SSSR count). The van der Waals surface area contributed by atoms with Crippen LogP contribution in [0.2, 0.25) is 0 Å². The summed E-state index contributed by atoms with van der Waals surface area (Å²) in [5, 5.41) is 2.52. The Bertz CT molecular complexity index is 1370. The fourth-order valence-electron chi connectivity index (χ4n) is 4.86. The lowest BCUT2D eigenvalue weighted by Crippen LogP contribution is -2.47. The largest absolute Gasteiger partial charge is 0.493 e. The normalized spacial score (nSPS) is 12.5. The highest BCUT2D eigenvalue weighted by atomic mass is 32.1. The van der Waals surface area contributed by atoms with E-state index in [1.54, 1.807) is 19.1 Å². The first-order chi connectivity index (χ1) is 19.3. The number of esters is 1. The van der Waals surface area contributed by atoms with Crippen molar-refractivity contribution < 1.29 is 33.3 Å². The number of hydrogen-bond acceptors (Lipinski definition) is 8. The van der Waals surface area contributed by atoms with Gasteiger partial charge in [-0.1, -0.05) is 48.5 Å². The molecule has 1 atom stereocenters. The third-order valence-corrected chi connectivity index (χ3v) is 7.40. The number of ether oxygens (including phenoxy) is 4. The number of benzene rings is 3. The number of hydrogen-bond donors (Lipinski definition) is 2. The summed E-state index contributed by atoms with van der Waals surface area (Å²) in [7, 11) is 4.25. The molecule has 1 aliphatic carbocycles. The van der Waals surface area contributed by atoms with E-state index in [1.165, 1.54) is 26.2 Å². The number of carbonyl (C=O) groups is 3. The highest BCUT2D eigenvalue weighted by Crippen LogP contribution is 2.44. The zero-order valence-electron chi connectivity index (χ0n) is 22.8. The van der Waals surface area contributed by atoms with Crippen molar-refractivity contribution in [3.8, 4) is 22.6 Å². The summed E-state index contributed by atoms with van der Waals surface area (Å²) >= 11 is 4.51. The quantitative estimate of drug-likeness (QED) is 0.278. The van der Waals surface area contributed by atoms with Crippen LogP contribution in [0.4, 0.5) is 4.79 Å². The maximum Gasteiger partial charge on any atom is 0.407 e. The Labute approximate surface area is 238 Å². The fraction of sp³-hybridized carbons (Fsp3) is 0.300.